The first kappa shape index (κ1) is 14.2. The van der Waals surface area contributed by atoms with Crippen LogP contribution in [0.5, 0.6) is 0 Å². The van der Waals surface area contributed by atoms with Crippen molar-refractivity contribution < 1.29 is 0 Å². The molecule has 0 saturated carbocycles. The van der Waals surface area contributed by atoms with Crippen LogP contribution in [-0.4, -0.2) is 19.0 Å². The van der Waals surface area contributed by atoms with E-state index in [0.717, 1.165) is 31.8 Å². The summed E-state index contributed by atoms with van der Waals surface area (Å²) in [6.07, 6.45) is 4.67. The van der Waals surface area contributed by atoms with Gasteiger partial charge in [0.25, 0.3) is 0 Å². The summed E-state index contributed by atoms with van der Waals surface area (Å²) in [6, 6.07) is 0. The number of rotatable bonds is 7. The summed E-state index contributed by atoms with van der Waals surface area (Å²) < 4.78 is 0. The van der Waals surface area contributed by atoms with E-state index in [0.29, 0.717) is 5.96 Å². The van der Waals surface area contributed by atoms with Crippen molar-refractivity contribution in [3.63, 3.8) is 0 Å². The van der Waals surface area contributed by atoms with Gasteiger partial charge in [0.15, 0.2) is 0 Å². The molecule has 4 heteroatoms. The Morgan fingerprint density at radius 3 is 2.60 bits per heavy atom. The Morgan fingerprint density at radius 1 is 1.33 bits per heavy atom. The number of hydrogen-bond acceptors (Lipinski definition) is 2. The second kappa shape index (κ2) is 9.77. The van der Waals surface area contributed by atoms with Gasteiger partial charge in [-0.15, -0.1) is 0 Å². The van der Waals surface area contributed by atoms with Crippen molar-refractivity contribution >= 4 is 5.96 Å². The van der Waals surface area contributed by atoms with Gasteiger partial charge >= 0.3 is 0 Å². The maximum Gasteiger partial charge on any atom is 0.205 e. The molecule has 0 atom stereocenters. The predicted molar refractivity (Wildman–Crippen MR) is 66.6 cm³/mol. The molecule has 0 aromatic carbocycles. The van der Waals surface area contributed by atoms with Gasteiger partial charge < -0.3 is 5.32 Å². The molecule has 15 heavy (non-hydrogen) atoms. The van der Waals surface area contributed by atoms with Gasteiger partial charge in [-0.1, -0.05) is 27.2 Å². The number of hydrogen-bond donors (Lipinski definition) is 3. The van der Waals surface area contributed by atoms with Crippen molar-refractivity contribution in [3.8, 4) is 0 Å². The standard InChI is InChI=1S/C11H26N4/c1-4-5-8-13-11(15-12)14-9-6-7-10(2)3/h10H,4-9,12H2,1-3H3,(H2,13,14,15). The van der Waals surface area contributed by atoms with Gasteiger partial charge in [-0.25, -0.2) is 5.84 Å². The minimum absolute atomic E-state index is 0.715. The lowest BCUT2D eigenvalue weighted by Gasteiger charge is -2.08. The molecule has 0 spiro atoms. The van der Waals surface area contributed by atoms with Gasteiger partial charge in [-0.2, -0.15) is 0 Å². The first-order valence-corrected chi connectivity index (χ1v) is 5.95. The number of guanidine groups is 1. The molecule has 4 nitrogen and oxygen atoms in total. The molecule has 0 bridgehead atoms. The summed E-state index contributed by atoms with van der Waals surface area (Å²) in [7, 11) is 0. The molecule has 0 aromatic rings. The van der Waals surface area contributed by atoms with Crippen LogP contribution in [-0.2, 0) is 0 Å². The van der Waals surface area contributed by atoms with E-state index in [1.165, 1.54) is 12.8 Å². The van der Waals surface area contributed by atoms with E-state index in [4.69, 9.17) is 5.84 Å². The van der Waals surface area contributed by atoms with Crippen LogP contribution >= 0.6 is 0 Å². The van der Waals surface area contributed by atoms with Crippen LogP contribution < -0.4 is 16.6 Å². The fourth-order valence-electron chi connectivity index (χ4n) is 1.23. The molecule has 0 amide bonds. The third-order valence-electron chi connectivity index (χ3n) is 2.17. The van der Waals surface area contributed by atoms with Gasteiger partial charge in [0.05, 0.1) is 0 Å². The molecule has 0 aliphatic rings. The van der Waals surface area contributed by atoms with E-state index in [-0.39, 0.29) is 0 Å². The molecule has 0 aromatic heterocycles. The molecule has 0 rings (SSSR count). The van der Waals surface area contributed by atoms with Crippen LogP contribution in [0.1, 0.15) is 46.5 Å². The number of nitrogens with one attached hydrogen (secondary N) is 2. The van der Waals surface area contributed by atoms with Crippen molar-refractivity contribution in [2.24, 2.45) is 16.8 Å². The lowest BCUT2D eigenvalue weighted by molar-refractivity contribution is 0.560. The van der Waals surface area contributed by atoms with Crippen molar-refractivity contribution in [1.82, 2.24) is 10.7 Å². The highest BCUT2D eigenvalue weighted by Gasteiger charge is 1.95. The summed E-state index contributed by atoms with van der Waals surface area (Å²) in [5, 5.41) is 3.17. The fourth-order valence-corrected chi connectivity index (χ4v) is 1.23. The quantitative estimate of drug-likeness (QED) is 0.198. The Balaban J connectivity index is 3.59. The molecule has 0 aliphatic heterocycles. The number of aliphatic imine (C=N–C) groups is 1. The molecule has 0 fully saturated rings. The van der Waals surface area contributed by atoms with Crippen LogP contribution in [0.15, 0.2) is 4.99 Å². The summed E-state index contributed by atoms with van der Waals surface area (Å²) in [5.74, 6) is 6.82. The zero-order valence-corrected chi connectivity index (χ0v) is 10.3. The minimum Gasteiger partial charge on any atom is -0.355 e. The Morgan fingerprint density at radius 2 is 2.07 bits per heavy atom. The number of nitrogens with two attached hydrogens (primary N) is 1. The van der Waals surface area contributed by atoms with Crippen molar-refractivity contribution in [2.45, 2.75) is 46.5 Å². The molecule has 0 aliphatic carbocycles. The normalized spacial score (nSPS) is 11.9. The molecule has 4 N–H and O–H groups in total. The zero-order valence-electron chi connectivity index (χ0n) is 10.3. The van der Waals surface area contributed by atoms with E-state index in [9.17, 15) is 0 Å². The van der Waals surface area contributed by atoms with E-state index in [1.807, 2.05) is 0 Å². The second-order valence-electron chi connectivity index (χ2n) is 4.19. The van der Waals surface area contributed by atoms with Crippen LogP contribution in [0.3, 0.4) is 0 Å². The highest BCUT2D eigenvalue weighted by Crippen LogP contribution is 2.02. The summed E-state index contributed by atoms with van der Waals surface area (Å²) >= 11 is 0. The Hall–Kier alpha value is -0.770. The average molecular weight is 214 g/mol. The summed E-state index contributed by atoms with van der Waals surface area (Å²) in [6.45, 7) is 8.40. The highest BCUT2D eigenvalue weighted by molar-refractivity contribution is 5.79. The van der Waals surface area contributed by atoms with E-state index in [1.54, 1.807) is 0 Å². The molecular formula is C11H26N4. The monoisotopic (exact) mass is 214 g/mol. The third kappa shape index (κ3) is 9.53. The molecule has 0 saturated heterocycles. The predicted octanol–water partition coefficient (Wildman–Crippen LogP) is 1.63. The van der Waals surface area contributed by atoms with E-state index >= 15 is 0 Å². The van der Waals surface area contributed by atoms with E-state index < -0.39 is 0 Å². The molecular weight excluding hydrogens is 188 g/mol. The number of nitrogens with zero attached hydrogens (tertiary/aromatic N) is 1. The maximum absolute atomic E-state index is 5.35. The van der Waals surface area contributed by atoms with Crippen molar-refractivity contribution in [1.29, 1.82) is 0 Å². The first-order valence-electron chi connectivity index (χ1n) is 5.95. The molecule has 0 radical (unpaired) electrons. The van der Waals surface area contributed by atoms with Gasteiger partial charge in [0.1, 0.15) is 0 Å². The highest BCUT2D eigenvalue weighted by atomic mass is 15.3. The summed E-state index contributed by atoms with van der Waals surface area (Å²) in [5.41, 5.74) is 2.59. The zero-order chi connectivity index (χ0) is 11.5. The van der Waals surface area contributed by atoms with Gasteiger partial charge in [0, 0.05) is 13.1 Å². The number of hydrazine groups is 1. The Labute approximate surface area is 93.7 Å². The first-order chi connectivity index (χ1) is 7.20. The fraction of sp³-hybridized carbons (Fsp3) is 0.909. The lowest BCUT2D eigenvalue weighted by atomic mass is 10.1. The van der Waals surface area contributed by atoms with Crippen LogP contribution in [0.25, 0.3) is 0 Å². The lowest BCUT2D eigenvalue weighted by Crippen LogP contribution is -2.42. The Kier molecular flexibility index (Phi) is 9.27. The third-order valence-corrected chi connectivity index (χ3v) is 2.17. The molecule has 0 heterocycles. The van der Waals surface area contributed by atoms with Crippen molar-refractivity contribution in [2.75, 3.05) is 13.1 Å². The van der Waals surface area contributed by atoms with Crippen LogP contribution in [0.4, 0.5) is 0 Å². The SMILES string of the molecule is CCCCNC(=NCCCC(C)C)NN. The molecule has 90 valence electrons. The smallest absolute Gasteiger partial charge is 0.205 e. The second-order valence-corrected chi connectivity index (χ2v) is 4.19. The maximum atomic E-state index is 5.35. The van der Waals surface area contributed by atoms with Crippen molar-refractivity contribution in [3.05, 3.63) is 0 Å². The average Bonchev–Trinajstić information content (AvgIpc) is 2.21. The summed E-state index contributed by atoms with van der Waals surface area (Å²) in [4.78, 5) is 4.36. The minimum atomic E-state index is 0.715. The van der Waals surface area contributed by atoms with Gasteiger partial charge in [-0.3, -0.25) is 10.4 Å². The van der Waals surface area contributed by atoms with Gasteiger partial charge in [0.2, 0.25) is 5.96 Å². The van der Waals surface area contributed by atoms with Gasteiger partial charge in [-0.05, 0) is 25.2 Å². The molecule has 0 unspecified atom stereocenters. The Bertz CT molecular complexity index is 166. The topological polar surface area (TPSA) is 62.4 Å². The largest absolute Gasteiger partial charge is 0.355 e. The number of unbranched alkanes of at least 4 members (excludes halogenated alkanes) is 1. The van der Waals surface area contributed by atoms with Crippen LogP contribution in [0, 0.1) is 5.92 Å². The van der Waals surface area contributed by atoms with E-state index in [2.05, 4.69) is 36.5 Å². The van der Waals surface area contributed by atoms with Crippen LogP contribution in [0.2, 0.25) is 0 Å².